The lowest BCUT2D eigenvalue weighted by Gasteiger charge is -2.41. The van der Waals surface area contributed by atoms with Gasteiger partial charge in [-0.15, -0.1) is 13.2 Å². The Labute approximate surface area is 258 Å². The van der Waals surface area contributed by atoms with E-state index in [9.17, 15) is 40.7 Å². The third-order valence-corrected chi connectivity index (χ3v) is 7.03. The van der Waals surface area contributed by atoms with Crippen molar-refractivity contribution in [3.63, 3.8) is 0 Å². The van der Waals surface area contributed by atoms with Gasteiger partial charge in [0.2, 0.25) is 5.91 Å². The number of carboxylic acid groups (broad SMARTS) is 1. The van der Waals surface area contributed by atoms with E-state index < -0.39 is 53.2 Å². The second-order valence-electron chi connectivity index (χ2n) is 11.3. The normalized spacial score (nSPS) is 18.1. The highest BCUT2D eigenvalue weighted by molar-refractivity contribution is 6.23. The molecule has 1 aromatic heterocycles. The summed E-state index contributed by atoms with van der Waals surface area (Å²) in [5.41, 5.74) is -1.29. The van der Waals surface area contributed by atoms with Gasteiger partial charge in [-0.1, -0.05) is 0 Å². The number of morpholine rings is 1. The standard InChI is InChI=1S/C26H30F3N5O5.C2HF3O2/c1-24(2)16-38-12-11-32(24)15-21(35)31-19-13-18(5-6-20(19)39-26(27,28)29)34-22(36)25(3,4)33(23(34)37)14-17-7-9-30-10-8-17;3-2(4,5)1(6)7/h5-10,13H,11-12,14-16H2,1-4H3,(H,31,35);(H,6,7). The summed E-state index contributed by atoms with van der Waals surface area (Å²) >= 11 is 0. The number of ether oxygens (including phenoxy) is 2. The van der Waals surface area contributed by atoms with Crippen molar-refractivity contribution in [2.24, 2.45) is 0 Å². The number of pyridine rings is 1. The first-order valence-electron chi connectivity index (χ1n) is 13.5. The molecule has 18 heteroatoms. The van der Waals surface area contributed by atoms with Crippen molar-refractivity contribution in [2.45, 2.75) is 57.9 Å². The predicted octanol–water partition coefficient (Wildman–Crippen LogP) is 4.41. The van der Waals surface area contributed by atoms with E-state index in [4.69, 9.17) is 14.6 Å². The van der Waals surface area contributed by atoms with E-state index in [0.29, 0.717) is 19.8 Å². The van der Waals surface area contributed by atoms with E-state index in [2.05, 4.69) is 15.0 Å². The Morgan fingerprint density at radius 3 is 2.20 bits per heavy atom. The molecule has 0 spiro atoms. The van der Waals surface area contributed by atoms with Gasteiger partial charge in [-0.05, 0) is 63.6 Å². The number of carboxylic acids is 1. The zero-order chi connectivity index (χ0) is 34.7. The Balaban J connectivity index is 0.000000738. The van der Waals surface area contributed by atoms with Crippen molar-refractivity contribution >= 4 is 35.2 Å². The number of aliphatic carboxylic acids is 1. The Morgan fingerprint density at radius 1 is 1.04 bits per heavy atom. The first-order valence-corrected chi connectivity index (χ1v) is 13.5. The minimum absolute atomic E-state index is 0.00756. The second-order valence-corrected chi connectivity index (χ2v) is 11.3. The molecule has 3 heterocycles. The summed E-state index contributed by atoms with van der Waals surface area (Å²) in [6, 6.07) is 6.04. The topological polar surface area (TPSA) is 142 Å². The number of carbonyl (C=O) groups is 4. The van der Waals surface area contributed by atoms with E-state index in [-0.39, 0.29) is 24.5 Å². The number of hydrogen-bond donors (Lipinski definition) is 2. The molecule has 0 saturated carbocycles. The summed E-state index contributed by atoms with van der Waals surface area (Å²) in [5.74, 6) is -4.59. The number of carbonyl (C=O) groups excluding carboxylic acids is 3. The Morgan fingerprint density at radius 2 is 1.65 bits per heavy atom. The maximum Gasteiger partial charge on any atom is 0.573 e. The van der Waals surface area contributed by atoms with E-state index in [1.165, 1.54) is 11.0 Å². The second kappa shape index (κ2) is 13.5. The van der Waals surface area contributed by atoms with Crippen LogP contribution in [0.4, 0.5) is 42.5 Å². The lowest BCUT2D eigenvalue weighted by Crippen LogP contribution is -2.55. The van der Waals surface area contributed by atoms with E-state index in [1.54, 1.807) is 38.4 Å². The van der Waals surface area contributed by atoms with Crippen LogP contribution in [0.5, 0.6) is 5.75 Å². The number of nitrogens with zero attached hydrogens (tertiary/aromatic N) is 4. The molecule has 0 bridgehead atoms. The summed E-state index contributed by atoms with van der Waals surface area (Å²) in [7, 11) is 0. The van der Waals surface area contributed by atoms with Crippen molar-refractivity contribution in [2.75, 3.05) is 36.5 Å². The molecule has 0 aliphatic carbocycles. The van der Waals surface area contributed by atoms with Gasteiger partial charge in [0, 0.05) is 31.0 Å². The van der Waals surface area contributed by atoms with Crippen LogP contribution in [0.15, 0.2) is 42.7 Å². The molecule has 2 aromatic rings. The van der Waals surface area contributed by atoms with Gasteiger partial charge in [0.05, 0.1) is 31.1 Å². The first-order chi connectivity index (χ1) is 21.1. The zero-order valence-electron chi connectivity index (χ0n) is 25.0. The highest BCUT2D eigenvalue weighted by Gasteiger charge is 2.52. The van der Waals surface area contributed by atoms with Crippen LogP contribution in [0.3, 0.4) is 0 Å². The number of hydrogen-bond acceptors (Lipinski definition) is 8. The molecular formula is C28H31F6N5O7. The minimum Gasteiger partial charge on any atom is -0.475 e. The van der Waals surface area contributed by atoms with Gasteiger partial charge in [0.1, 0.15) is 5.54 Å². The van der Waals surface area contributed by atoms with E-state index in [1.807, 2.05) is 18.7 Å². The molecule has 4 amide bonds. The monoisotopic (exact) mass is 663 g/mol. The summed E-state index contributed by atoms with van der Waals surface area (Å²) in [4.78, 5) is 56.6. The Bertz CT molecular complexity index is 1450. The summed E-state index contributed by atoms with van der Waals surface area (Å²) in [5, 5.41) is 9.59. The zero-order valence-corrected chi connectivity index (χ0v) is 25.0. The molecule has 46 heavy (non-hydrogen) atoms. The summed E-state index contributed by atoms with van der Waals surface area (Å²) in [6.45, 7) is 8.23. The largest absolute Gasteiger partial charge is 0.573 e. The van der Waals surface area contributed by atoms with Crippen LogP contribution in [0, 0.1) is 0 Å². The molecule has 2 fully saturated rings. The fraction of sp³-hybridized carbons (Fsp3) is 0.464. The van der Waals surface area contributed by atoms with Gasteiger partial charge in [0.15, 0.2) is 5.75 Å². The van der Waals surface area contributed by atoms with Crippen LogP contribution < -0.4 is 15.0 Å². The number of anilines is 2. The molecule has 12 nitrogen and oxygen atoms in total. The fourth-order valence-corrected chi connectivity index (χ4v) is 4.51. The van der Waals surface area contributed by atoms with Crippen LogP contribution in [0.1, 0.15) is 33.3 Å². The quantitative estimate of drug-likeness (QED) is 0.326. The molecule has 2 aliphatic heterocycles. The van der Waals surface area contributed by atoms with Gasteiger partial charge < -0.3 is 24.8 Å². The molecule has 4 rings (SSSR count). The first kappa shape index (κ1) is 36.0. The molecule has 0 atom stereocenters. The van der Waals surface area contributed by atoms with Crippen LogP contribution in [-0.2, 0) is 25.7 Å². The molecule has 2 N–H and O–H groups in total. The number of aromatic nitrogens is 1. The smallest absolute Gasteiger partial charge is 0.475 e. The average Bonchev–Trinajstić information content (AvgIpc) is 3.09. The maximum absolute atomic E-state index is 13.4. The van der Waals surface area contributed by atoms with Crippen LogP contribution in [0.2, 0.25) is 0 Å². The van der Waals surface area contributed by atoms with Gasteiger partial charge in [-0.3, -0.25) is 19.5 Å². The molecule has 2 saturated heterocycles. The number of imide groups is 1. The number of alkyl halides is 6. The molecular weight excluding hydrogens is 632 g/mol. The SMILES string of the molecule is CC1(C)COCCN1CC(=O)Nc1cc(N2C(=O)N(Cc3ccncc3)C(C)(C)C2=O)ccc1OC(F)(F)F.O=C(O)C(F)(F)F. The number of rotatable bonds is 7. The van der Waals surface area contributed by atoms with Crippen molar-refractivity contribution in [3.05, 3.63) is 48.3 Å². The number of benzene rings is 1. The Kier molecular flexibility index (Phi) is 10.6. The lowest BCUT2D eigenvalue weighted by molar-refractivity contribution is -0.274. The third kappa shape index (κ3) is 8.84. The van der Waals surface area contributed by atoms with E-state index in [0.717, 1.165) is 22.6 Å². The molecule has 0 unspecified atom stereocenters. The molecule has 252 valence electrons. The highest BCUT2D eigenvalue weighted by atomic mass is 19.4. The van der Waals surface area contributed by atoms with Crippen LogP contribution in [0.25, 0.3) is 0 Å². The van der Waals surface area contributed by atoms with Gasteiger partial charge >= 0.3 is 24.5 Å². The highest BCUT2D eigenvalue weighted by Crippen LogP contribution is 2.38. The molecule has 2 aliphatic rings. The fourth-order valence-electron chi connectivity index (χ4n) is 4.51. The van der Waals surface area contributed by atoms with Crippen molar-refractivity contribution in [3.8, 4) is 5.75 Å². The van der Waals surface area contributed by atoms with E-state index >= 15 is 0 Å². The molecule has 0 radical (unpaired) electrons. The van der Waals surface area contributed by atoms with Gasteiger partial charge in [-0.2, -0.15) is 13.2 Å². The third-order valence-electron chi connectivity index (χ3n) is 7.03. The minimum atomic E-state index is -5.08. The predicted molar refractivity (Wildman–Crippen MR) is 149 cm³/mol. The van der Waals surface area contributed by atoms with Crippen molar-refractivity contribution in [1.82, 2.24) is 14.8 Å². The van der Waals surface area contributed by atoms with Crippen LogP contribution >= 0.6 is 0 Å². The molecule has 1 aromatic carbocycles. The lowest BCUT2D eigenvalue weighted by atomic mass is 10.0. The van der Waals surface area contributed by atoms with Gasteiger partial charge in [-0.25, -0.2) is 14.5 Å². The van der Waals surface area contributed by atoms with Gasteiger partial charge in [0.25, 0.3) is 5.91 Å². The Hall–Kier alpha value is -4.45. The number of nitrogens with one attached hydrogen (secondary N) is 1. The maximum atomic E-state index is 13.4. The van der Waals surface area contributed by atoms with Crippen molar-refractivity contribution < 1.29 is 60.1 Å². The average molecular weight is 664 g/mol. The summed E-state index contributed by atoms with van der Waals surface area (Å²) in [6.07, 6.45) is -6.99. The summed E-state index contributed by atoms with van der Waals surface area (Å²) < 4.78 is 80.7. The van der Waals surface area contributed by atoms with Crippen molar-refractivity contribution in [1.29, 1.82) is 0 Å². The van der Waals surface area contributed by atoms with Crippen LogP contribution in [-0.4, -0.2) is 93.6 Å². The number of urea groups is 1. The number of halogens is 6. The number of amides is 4.